The van der Waals surface area contributed by atoms with Gasteiger partial charge in [0.2, 0.25) is 15.9 Å². The molecule has 0 aliphatic carbocycles. The molecule has 9 heteroatoms. The molecule has 1 fully saturated rings. The van der Waals surface area contributed by atoms with E-state index in [9.17, 15) is 23.1 Å². The van der Waals surface area contributed by atoms with Crippen LogP contribution in [0.2, 0.25) is 5.02 Å². The summed E-state index contributed by atoms with van der Waals surface area (Å²) < 4.78 is 24.7. The van der Waals surface area contributed by atoms with Crippen molar-refractivity contribution in [2.75, 3.05) is 32.9 Å². The molecule has 2 atom stereocenters. The maximum atomic E-state index is 13.2. The van der Waals surface area contributed by atoms with E-state index in [1.807, 2.05) is 12.1 Å². The minimum Gasteiger partial charge on any atom is -0.481 e. The third-order valence-electron chi connectivity index (χ3n) is 5.70. The van der Waals surface area contributed by atoms with E-state index in [0.717, 1.165) is 35.4 Å². The van der Waals surface area contributed by atoms with Crippen molar-refractivity contribution in [2.24, 2.45) is 11.8 Å². The molecule has 168 valence electrons. The summed E-state index contributed by atoms with van der Waals surface area (Å²) in [5.41, 5.74) is 1.06. The Bertz CT molecular complexity index is 822. The monoisotopic (exact) mass is 458 g/mol. The molecule has 1 heterocycles. The average Bonchev–Trinajstić information content (AvgIpc) is 2.70. The minimum atomic E-state index is -3.55. The van der Waals surface area contributed by atoms with Gasteiger partial charge in [-0.3, -0.25) is 9.59 Å². The molecule has 1 amide bonds. The number of carbonyl (C=O) groups is 2. The van der Waals surface area contributed by atoms with Gasteiger partial charge in [0.05, 0.1) is 18.1 Å². The Kier molecular flexibility index (Phi) is 9.12. The second-order valence-electron chi connectivity index (χ2n) is 8.00. The molecule has 1 aliphatic rings. The average molecular weight is 459 g/mol. The first-order valence-electron chi connectivity index (χ1n) is 10.3. The SMILES string of the molecule is CN(CC(C(=O)O)C(CCCc1ccc(Cl)cc1)C(=O)N1CCCCC1)S(C)(=O)=O. The van der Waals surface area contributed by atoms with Crippen molar-refractivity contribution in [3.8, 4) is 0 Å². The van der Waals surface area contributed by atoms with E-state index in [2.05, 4.69) is 0 Å². The van der Waals surface area contributed by atoms with Gasteiger partial charge >= 0.3 is 5.97 Å². The fraction of sp³-hybridized carbons (Fsp3) is 0.619. The van der Waals surface area contributed by atoms with E-state index in [-0.39, 0.29) is 12.5 Å². The lowest BCUT2D eigenvalue weighted by Crippen LogP contribution is -2.47. The molecule has 0 bridgehead atoms. The van der Waals surface area contributed by atoms with Crippen LogP contribution >= 0.6 is 11.6 Å². The summed E-state index contributed by atoms with van der Waals surface area (Å²) in [7, 11) is -2.20. The van der Waals surface area contributed by atoms with Gasteiger partial charge in [-0.1, -0.05) is 23.7 Å². The van der Waals surface area contributed by atoms with Gasteiger partial charge in [-0.05, 0) is 56.2 Å². The number of piperidine rings is 1. The first kappa shape index (κ1) is 24.6. The highest BCUT2D eigenvalue weighted by Crippen LogP contribution is 2.26. The van der Waals surface area contributed by atoms with E-state index in [0.29, 0.717) is 37.4 Å². The first-order valence-corrected chi connectivity index (χ1v) is 12.5. The molecule has 1 aromatic carbocycles. The number of nitrogens with zero attached hydrogens (tertiary/aromatic N) is 2. The van der Waals surface area contributed by atoms with E-state index < -0.39 is 27.8 Å². The second kappa shape index (κ2) is 11.1. The van der Waals surface area contributed by atoms with Crippen LogP contribution in [0.3, 0.4) is 0 Å². The minimum absolute atomic E-state index is 0.180. The number of hydrogen-bond acceptors (Lipinski definition) is 4. The fourth-order valence-corrected chi connectivity index (χ4v) is 4.37. The Labute approximate surface area is 184 Å². The number of aryl methyl sites for hydroxylation is 1. The van der Waals surface area contributed by atoms with E-state index in [1.54, 1.807) is 17.0 Å². The summed E-state index contributed by atoms with van der Waals surface area (Å²) >= 11 is 5.92. The second-order valence-corrected chi connectivity index (χ2v) is 10.5. The molecule has 1 aliphatic heterocycles. The molecule has 2 unspecified atom stereocenters. The van der Waals surface area contributed by atoms with Crippen LogP contribution in [-0.4, -0.2) is 67.5 Å². The van der Waals surface area contributed by atoms with Crippen molar-refractivity contribution >= 4 is 33.5 Å². The lowest BCUT2D eigenvalue weighted by atomic mass is 9.85. The maximum Gasteiger partial charge on any atom is 0.308 e. The van der Waals surface area contributed by atoms with Crippen LogP contribution in [0, 0.1) is 11.8 Å². The zero-order chi connectivity index (χ0) is 22.3. The highest BCUT2D eigenvalue weighted by Gasteiger charge is 2.38. The van der Waals surface area contributed by atoms with Crippen LogP contribution in [-0.2, 0) is 26.0 Å². The summed E-state index contributed by atoms with van der Waals surface area (Å²) in [5, 5.41) is 10.5. The van der Waals surface area contributed by atoms with Gasteiger partial charge in [0.15, 0.2) is 0 Å². The third-order valence-corrected chi connectivity index (χ3v) is 7.23. The maximum absolute atomic E-state index is 13.2. The Morgan fingerprint density at radius 1 is 1.13 bits per heavy atom. The molecule has 1 aromatic rings. The number of carboxylic acid groups (broad SMARTS) is 1. The van der Waals surface area contributed by atoms with Crippen molar-refractivity contribution in [3.63, 3.8) is 0 Å². The van der Waals surface area contributed by atoms with E-state index in [4.69, 9.17) is 11.6 Å². The predicted molar refractivity (Wildman–Crippen MR) is 117 cm³/mol. The molecular weight excluding hydrogens is 428 g/mol. The lowest BCUT2D eigenvalue weighted by molar-refractivity contribution is -0.151. The molecule has 1 saturated heterocycles. The molecule has 30 heavy (non-hydrogen) atoms. The zero-order valence-electron chi connectivity index (χ0n) is 17.6. The number of halogens is 1. The topological polar surface area (TPSA) is 95.0 Å². The summed E-state index contributed by atoms with van der Waals surface area (Å²) in [5.74, 6) is -3.19. The molecule has 1 N–H and O–H groups in total. The number of likely N-dealkylation sites (tertiary alicyclic amines) is 1. The van der Waals surface area contributed by atoms with E-state index in [1.165, 1.54) is 7.05 Å². The number of aliphatic carboxylic acids is 1. The third kappa shape index (κ3) is 7.25. The van der Waals surface area contributed by atoms with Gasteiger partial charge in [-0.2, -0.15) is 0 Å². The van der Waals surface area contributed by atoms with Gasteiger partial charge in [0, 0.05) is 31.7 Å². The molecule has 0 spiro atoms. The van der Waals surface area contributed by atoms with Crippen LogP contribution in [0.4, 0.5) is 0 Å². The van der Waals surface area contributed by atoms with Gasteiger partial charge in [-0.15, -0.1) is 0 Å². The molecule has 2 rings (SSSR count). The van der Waals surface area contributed by atoms with Gasteiger partial charge in [0.1, 0.15) is 0 Å². The highest BCUT2D eigenvalue weighted by molar-refractivity contribution is 7.88. The number of carboxylic acids is 1. The van der Waals surface area contributed by atoms with Crippen LogP contribution in [0.5, 0.6) is 0 Å². The van der Waals surface area contributed by atoms with Crippen molar-refractivity contribution in [1.29, 1.82) is 0 Å². The number of sulfonamides is 1. The number of hydrogen-bond donors (Lipinski definition) is 1. The standard InChI is InChI=1S/C21H31ClN2O5S/c1-23(30(2,28)29)15-19(21(26)27)18(20(25)24-13-4-3-5-14-24)8-6-7-16-9-11-17(22)12-10-16/h9-12,18-19H,3-8,13-15H2,1-2H3,(H,26,27). The smallest absolute Gasteiger partial charge is 0.308 e. The van der Waals surface area contributed by atoms with Crippen LogP contribution < -0.4 is 0 Å². The molecule has 0 saturated carbocycles. The first-order chi connectivity index (χ1) is 14.1. The van der Waals surface area contributed by atoms with Gasteiger partial charge in [0.25, 0.3) is 0 Å². The quantitative estimate of drug-likeness (QED) is 0.581. The summed E-state index contributed by atoms with van der Waals surface area (Å²) in [4.78, 5) is 27.0. The molecule has 7 nitrogen and oxygen atoms in total. The summed E-state index contributed by atoms with van der Waals surface area (Å²) in [6.07, 6.45) is 5.60. The largest absolute Gasteiger partial charge is 0.481 e. The van der Waals surface area contributed by atoms with Crippen molar-refractivity contribution in [2.45, 2.75) is 38.5 Å². The highest BCUT2D eigenvalue weighted by atomic mass is 35.5. The number of amides is 1. The van der Waals surface area contributed by atoms with Crippen LogP contribution in [0.15, 0.2) is 24.3 Å². The number of carbonyl (C=O) groups excluding carboxylic acids is 1. The normalized spacial score (nSPS) is 17.0. The van der Waals surface area contributed by atoms with Crippen LogP contribution in [0.1, 0.15) is 37.7 Å². The Hall–Kier alpha value is -1.64. The van der Waals surface area contributed by atoms with Gasteiger partial charge < -0.3 is 10.0 Å². The fourth-order valence-electron chi connectivity index (χ4n) is 3.81. The van der Waals surface area contributed by atoms with Crippen molar-refractivity contribution in [1.82, 2.24) is 9.21 Å². The number of benzene rings is 1. The Balaban J connectivity index is 2.17. The lowest BCUT2D eigenvalue weighted by Gasteiger charge is -2.33. The molecular formula is C21H31ClN2O5S. The summed E-state index contributed by atoms with van der Waals surface area (Å²) in [6.45, 7) is 1.03. The summed E-state index contributed by atoms with van der Waals surface area (Å²) in [6, 6.07) is 7.43. The Morgan fingerprint density at radius 3 is 2.27 bits per heavy atom. The number of rotatable bonds is 10. The molecule has 0 aromatic heterocycles. The van der Waals surface area contributed by atoms with Gasteiger partial charge in [-0.25, -0.2) is 12.7 Å². The van der Waals surface area contributed by atoms with Crippen molar-refractivity contribution in [3.05, 3.63) is 34.9 Å². The van der Waals surface area contributed by atoms with Crippen molar-refractivity contribution < 1.29 is 23.1 Å². The van der Waals surface area contributed by atoms with Crippen LogP contribution in [0.25, 0.3) is 0 Å². The Morgan fingerprint density at radius 2 is 1.73 bits per heavy atom. The zero-order valence-corrected chi connectivity index (χ0v) is 19.2. The predicted octanol–water partition coefficient (Wildman–Crippen LogP) is 2.88. The van der Waals surface area contributed by atoms with E-state index >= 15 is 0 Å². The molecule has 0 radical (unpaired) electrons.